The zero-order chi connectivity index (χ0) is 33.7. The lowest BCUT2D eigenvalue weighted by molar-refractivity contribution is 1.15. The first kappa shape index (κ1) is 28.1. The predicted molar refractivity (Wildman–Crippen MR) is 232 cm³/mol. The van der Waals surface area contributed by atoms with Gasteiger partial charge in [-0.05, 0) is 60.7 Å². The highest BCUT2D eigenvalue weighted by Gasteiger charge is 2.23. The highest BCUT2D eigenvalue weighted by Crippen LogP contribution is 2.48. The minimum Gasteiger partial charge on any atom is -0.307 e. The van der Waals surface area contributed by atoms with Crippen molar-refractivity contribution in [2.45, 2.75) is 0 Å². The van der Waals surface area contributed by atoms with E-state index in [1.54, 1.807) is 0 Å². The first-order valence-electron chi connectivity index (χ1n) is 17.4. The van der Waals surface area contributed by atoms with Gasteiger partial charge in [0, 0.05) is 73.3 Å². The van der Waals surface area contributed by atoms with Crippen molar-refractivity contribution in [2.24, 2.45) is 0 Å². The molecule has 0 spiro atoms. The second kappa shape index (κ2) is 10.1. The molecule has 0 aliphatic carbocycles. The summed E-state index contributed by atoms with van der Waals surface area (Å²) in [6.45, 7) is 0. The summed E-state index contributed by atoms with van der Waals surface area (Å²) in [7, 11) is 0. The van der Waals surface area contributed by atoms with Gasteiger partial charge in [0.2, 0.25) is 0 Å². The molecule has 242 valence electrons. The smallest absolute Gasteiger partial charge is 0.0788 e. The Morgan fingerprint density at radius 2 is 0.654 bits per heavy atom. The summed E-state index contributed by atoms with van der Waals surface area (Å²) in [5, 5.41) is 10.5. The summed E-state index contributed by atoms with van der Waals surface area (Å²) in [5.74, 6) is 0. The zero-order valence-corrected chi connectivity index (χ0v) is 30.6. The number of hydrogen-bond donors (Lipinski definition) is 0. The lowest BCUT2D eigenvalue weighted by Gasteiger charge is -2.13. The SMILES string of the molecule is c1ccc2c(c1)sc1c3cc(-n4c5ccccc5c5ccc6c7ccccc7n(-c7ccc8sc9c%10ccccc%10sc9c8c7)c6c54)ccc3sc21. The van der Waals surface area contributed by atoms with Gasteiger partial charge in [0.15, 0.2) is 0 Å². The van der Waals surface area contributed by atoms with Gasteiger partial charge in [0.25, 0.3) is 0 Å². The van der Waals surface area contributed by atoms with Gasteiger partial charge in [0.05, 0.1) is 40.9 Å². The molecule has 13 aromatic rings. The number of thiophene rings is 4. The van der Waals surface area contributed by atoms with Crippen LogP contribution in [0.25, 0.3) is 114 Å². The summed E-state index contributed by atoms with van der Waals surface area (Å²) in [6.07, 6.45) is 0. The molecule has 0 aliphatic heterocycles. The third kappa shape index (κ3) is 3.57. The molecule has 0 unspecified atom stereocenters. The van der Waals surface area contributed by atoms with Crippen LogP contribution in [-0.2, 0) is 0 Å². The van der Waals surface area contributed by atoms with Crippen LogP contribution in [-0.4, -0.2) is 9.13 Å². The van der Waals surface area contributed by atoms with E-state index in [9.17, 15) is 0 Å². The second-order valence-electron chi connectivity index (χ2n) is 13.6. The molecule has 52 heavy (non-hydrogen) atoms. The summed E-state index contributed by atoms with van der Waals surface area (Å²) < 4.78 is 16.0. The van der Waals surface area contributed by atoms with Crippen LogP contribution in [0, 0.1) is 0 Å². The van der Waals surface area contributed by atoms with E-state index < -0.39 is 0 Å². The van der Waals surface area contributed by atoms with E-state index in [4.69, 9.17) is 0 Å². The van der Waals surface area contributed by atoms with Crippen LogP contribution in [0.2, 0.25) is 0 Å². The van der Waals surface area contributed by atoms with Gasteiger partial charge < -0.3 is 9.13 Å². The molecule has 2 nitrogen and oxygen atoms in total. The Kier molecular flexibility index (Phi) is 5.46. The van der Waals surface area contributed by atoms with Crippen LogP contribution < -0.4 is 0 Å². The Balaban J connectivity index is 1.17. The molecule has 6 heteroatoms. The molecule has 6 heterocycles. The largest absolute Gasteiger partial charge is 0.307 e. The number of nitrogens with zero attached hydrogens (tertiary/aromatic N) is 2. The Labute approximate surface area is 312 Å². The van der Waals surface area contributed by atoms with Gasteiger partial charge in [-0.1, -0.05) is 84.9 Å². The Morgan fingerprint density at radius 1 is 0.288 bits per heavy atom. The molecule has 0 atom stereocenters. The van der Waals surface area contributed by atoms with E-state index in [0.717, 1.165) is 0 Å². The van der Waals surface area contributed by atoms with Crippen molar-refractivity contribution >= 4 is 148 Å². The van der Waals surface area contributed by atoms with Gasteiger partial charge in [-0.3, -0.25) is 0 Å². The van der Waals surface area contributed by atoms with Crippen molar-refractivity contribution in [3.8, 4) is 11.4 Å². The Hall–Kier alpha value is -5.50. The average Bonchev–Trinajstić information content (AvgIpc) is 4.02. The van der Waals surface area contributed by atoms with Crippen LogP contribution in [0.5, 0.6) is 0 Å². The monoisotopic (exact) mass is 732 g/mol. The number of rotatable bonds is 2. The van der Waals surface area contributed by atoms with Crippen molar-refractivity contribution in [2.75, 3.05) is 0 Å². The van der Waals surface area contributed by atoms with Gasteiger partial charge in [0.1, 0.15) is 0 Å². The lowest BCUT2D eigenvalue weighted by atomic mass is 10.1. The summed E-state index contributed by atoms with van der Waals surface area (Å²) >= 11 is 7.67. The summed E-state index contributed by atoms with van der Waals surface area (Å²) in [4.78, 5) is 0. The molecular weight excluding hydrogens is 709 g/mol. The Bertz CT molecular complexity index is 3410. The Morgan fingerprint density at radius 3 is 1.12 bits per heavy atom. The quantitative estimate of drug-likeness (QED) is 0.167. The van der Waals surface area contributed by atoms with Gasteiger partial charge in [-0.25, -0.2) is 0 Å². The maximum atomic E-state index is 2.53. The summed E-state index contributed by atoms with van der Waals surface area (Å²) in [5.41, 5.74) is 7.33. The van der Waals surface area contributed by atoms with E-state index in [2.05, 4.69) is 155 Å². The fourth-order valence-electron chi connectivity index (χ4n) is 8.70. The molecule has 0 N–H and O–H groups in total. The van der Waals surface area contributed by atoms with Gasteiger partial charge >= 0.3 is 0 Å². The van der Waals surface area contributed by atoms with Crippen molar-refractivity contribution in [1.29, 1.82) is 0 Å². The third-order valence-corrected chi connectivity index (χ3v) is 16.0. The van der Waals surface area contributed by atoms with E-state index in [0.29, 0.717) is 0 Å². The molecular formula is C46H24N2S4. The number of fused-ring (bicyclic) bond motifs is 17. The van der Waals surface area contributed by atoms with Crippen LogP contribution in [0.15, 0.2) is 146 Å². The molecule has 0 radical (unpaired) electrons. The van der Waals surface area contributed by atoms with Crippen molar-refractivity contribution in [1.82, 2.24) is 9.13 Å². The highest BCUT2D eigenvalue weighted by atomic mass is 32.1. The normalized spacial score (nSPS) is 12.6. The average molecular weight is 733 g/mol. The molecule has 7 aromatic carbocycles. The third-order valence-electron chi connectivity index (χ3n) is 10.9. The number of aromatic nitrogens is 2. The van der Waals surface area contributed by atoms with Crippen LogP contribution in [0.4, 0.5) is 0 Å². The standard InChI is InChI=1S/C46H24N2S4/c1-5-13-35-27(9-1)29-19-20-30-28-10-2-6-14-36(28)48(26-18-22-40-34(24-26)46-44(52-40)32-12-4-8-16-38(32)50-46)42(30)41(29)47(35)25-17-21-39-33(23-25)45-43(51-39)31-11-3-7-15-37(31)49-45/h1-24H. The van der Waals surface area contributed by atoms with Gasteiger partial charge in [-0.2, -0.15) is 0 Å². The first-order valence-corrected chi connectivity index (χ1v) is 20.7. The minimum absolute atomic E-state index is 1.19. The van der Waals surface area contributed by atoms with Crippen molar-refractivity contribution < 1.29 is 0 Å². The van der Waals surface area contributed by atoms with Crippen molar-refractivity contribution in [3.63, 3.8) is 0 Å². The zero-order valence-electron chi connectivity index (χ0n) is 27.4. The topological polar surface area (TPSA) is 9.86 Å². The second-order valence-corrected chi connectivity index (χ2v) is 17.8. The molecule has 0 saturated carbocycles. The molecule has 0 bridgehead atoms. The van der Waals surface area contributed by atoms with Crippen LogP contribution in [0.3, 0.4) is 0 Å². The number of hydrogen-bond acceptors (Lipinski definition) is 4. The molecule has 13 rings (SSSR count). The fraction of sp³-hybridized carbons (Fsp3) is 0. The van der Waals surface area contributed by atoms with Crippen LogP contribution in [0.1, 0.15) is 0 Å². The molecule has 0 fully saturated rings. The number of para-hydroxylation sites is 2. The van der Waals surface area contributed by atoms with Gasteiger partial charge in [-0.15, -0.1) is 45.3 Å². The number of benzene rings is 7. The molecule has 0 saturated heterocycles. The summed E-state index contributed by atoms with van der Waals surface area (Å²) in [6, 6.07) is 54.5. The van der Waals surface area contributed by atoms with E-state index in [1.165, 1.54) is 114 Å². The highest BCUT2D eigenvalue weighted by molar-refractivity contribution is 7.37. The predicted octanol–water partition coefficient (Wildman–Crippen LogP) is 15.0. The fourth-order valence-corrected chi connectivity index (χ4v) is 14.0. The molecule has 6 aromatic heterocycles. The van der Waals surface area contributed by atoms with Crippen molar-refractivity contribution in [3.05, 3.63) is 146 Å². The molecule has 0 amide bonds. The first-order chi connectivity index (χ1) is 25.8. The van der Waals surface area contributed by atoms with E-state index in [-0.39, 0.29) is 0 Å². The maximum Gasteiger partial charge on any atom is 0.0788 e. The van der Waals surface area contributed by atoms with Crippen LogP contribution >= 0.6 is 45.3 Å². The maximum absolute atomic E-state index is 2.53. The lowest BCUT2D eigenvalue weighted by Crippen LogP contribution is -1.98. The molecule has 0 aliphatic rings. The van der Waals surface area contributed by atoms with E-state index >= 15 is 0 Å². The minimum atomic E-state index is 1.19. The van der Waals surface area contributed by atoms with E-state index in [1.807, 2.05) is 45.3 Å².